The minimum Gasteiger partial charge on any atom is -0.360 e. The Morgan fingerprint density at radius 2 is 2.19 bits per heavy atom. The molecule has 21 heavy (non-hydrogen) atoms. The summed E-state index contributed by atoms with van der Waals surface area (Å²) in [4.78, 5) is 2.51. The lowest BCUT2D eigenvalue weighted by Gasteiger charge is -2.27. The average molecular weight is 324 g/mol. The van der Waals surface area contributed by atoms with E-state index in [2.05, 4.69) is 35.4 Å². The molecule has 5 heteroatoms. The van der Waals surface area contributed by atoms with Gasteiger partial charge in [0, 0.05) is 42.2 Å². The van der Waals surface area contributed by atoms with Crippen molar-refractivity contribution in [1.29, 1.82) is 0 Å². The Morgan fingerprint density at radius 3 is 2.90 bits per heavy atom. The molecule has 0 aliphatic carbocycles. The van der Waals surface area contributed by atoms with Crippen molar-refractivity contribution in [2.24, 2.45) is 0 Å². The van der Waals surface area contributed by atoms with Gasteiger partial charge in [-0.2, -0.15) is 0 Å². The van der Waals surface area contributed by atoms with E-state index in [9.17, 15) is 0 Å². The Kier molecular flexibility index (Phi) is 7.50. The Morgan fingerprint density at radius 1 is 1.33 bits per heavy atom. The van der Waals surface area contributed by atoms with E-state index in [1.807, 2.05) is 0 Å². The Bertz CT molecular complexity index is 386. The zero-order valence-corrected chi connectivity index (χ0v) is 16.3. The van der Waals surface area contributed by atoms with Crippen LogP contribution in [0.25, 0.3) is 0 Å². The minimum atomic E-state index is -0.286. The van der Waals surface area contributed by atoms with E-state index in [4.69, 9.17) is 9.47 Å². The quantitative estimate of drug-likeness (QED) is 0.387. The van der Waals surface area contributed by atoms with Crippen LogP contribution in [0, 0.1) is 0 Å². The zero-order chi connectivity index (χ0) is 14.9. The van der Waals surface area contributed by atoms with E-state index in [1.165, 1.54) is 31.4 Å². The van der Waals surface area contributed by atoms with Gasteiger partial charge in [0.05, 0.1) is 9.52 Å². The van der Waals surface area contributed by atoms with E-state index in [-0.39, 0.29) is 25.0 Å². The highest BCUT2D eigenvalue weighted by Crippen LogP contribution is 2.34. The van der Waals surface area contributed by atoms with Gasteiger partial charge in [-0.05, 0) is 30.5 Å². The van der Waals surface area contributed by atoms with Gasteiger partial charge < -0.3 is 14.4 Å². The smallest absolute Gasteiger partial charge is 0.134 e. The largest absolute Gasteiger partial charge is 0.360 e. The maximum absolute atomic E-state index is 5.31. The summed E-state index contributed by atoms with van der Waals surface area (Å²) in [5.41, 5.74) is 2.49. The van der Waals surface area contributed by atoms with Crippen LogP contribution in [0.2, 0.25) is 17.6 Å². The van der Waals surface area contributed by atoms with Crippen molar-refractivity contribution in [3.63, 3.8) is 0 Å². The van der Waals surface area contributed by atoms with Crippen LogP contribution in [0.15, 0.2) is 36.2 Å². The monoisotopic (exact) mass is 323 g/mol. The fraction of sp³-hybridized carbons (Fsp3) is 0.625. The summed E-state index contributed by atoms with van der Waals surface area (Å²) in [6.07, 6.45) is 15.3. The highest BCUT2D eigenvalue weighted by Gasteiger charge is 2.23. The topological polar surface area (TPSA) is 21.7 Å². The Hall–Kier alpha value is -0.626. The van der Waals surface area contributed by atoms with Gasteiger partial charge in [0.2, 0.25) is 0 Å². The van der Waals surface area contributed by atoms with Crippen LogP contribution < -0.4 is 0 Å². The summed E-state index contributed by atoms with van der Waals surface area (Å²) < 4.78 is 10.6. The summed E-state index contributed by atoms with van der Waals surface area (Å²) >= 11 is 0. The van der Waals surface area contributed by atoms with Crippen molar-refractivity contribution in [2.75, 3.05) is 20.8 Å². The maximum atomic E-state index is 5.31. The third-order valence-corrected chi connectivity index (χ3v) is 8.95. The lowest BCUT2D eigenvalue weighted by Crippen LogP contribution is -2.24. The van der Waals surface area contributed by atoms with Crippen LogP contribution in [-0.4, -0.2) is 50.6 Å². The van der Waals surface area contributed by atoms with E-state index < -0.39 is 0 Å². The van der Waals surface area contributed by atoms with Crippen molar-refractivity contribution in [3.8, 4) is 0 Å². The molecular formula is C16H29NO2Si2. The van der Waals surface area contributed by atoms with Crippen molar-refractivity contribution >= 4 is 19.0 Å². The van der Waals surface area contributed by atoms with Crippen molar-refractivity contribution in [1.82, 2.24) is 4.90 Å². The van der Waals surface area contributed by atoms with Crippen molar-refractivity contribution in [3.05, 3.63) is 36.2 Å². The summed E-state index contributed by atoms with van der Waals surface area (Å²) in [6.45, 7) is 1.14. The average Bonchev–Trinajstić information content (AvgIpc) is 2.94. The van der Waals surface area contributed by atoms with Gasteiger partial charge in [0.15, 0.2) is 0 Å². The molecule has 0 N–H and O–H groups in total. The van der Waals surface area contributed by atoms with Gasteiger partial charge in [-0.25, -0.2) is 0 Å². The molecule has 2 rings (SSSR count). The molecule has 0 radical (unpaired) electrons. The number of methoxy groups -OCH3 is 2. The molecule has 118 valence electrons. The van der Waals surface area contributed by atoms with E-state index in [0.29, 0.717) is 0 Å². The zero-order valence-electron chi connectivity index (χ0n) is 13.5. The van der Waals surface area contributed by atoms with E-state index in [1.54, 1.807) is 19.9 Å². The standard InChI is InChI=1S/C16H29NO2Si2/c1-18-16(19-2)21-13-7-11-17-10-5-3-4-8-14(17)15-9-6-12-20-15/h3-5,8,10,15-16H,6-7,9,11-13,20-21H2,1-2H3. The number of allylic oxidation sites excluding steroid dienone is 5. The van der Waals surface area contributed by atoms with Crippen LogP contribution in [0.4, 0.5) is 0 Å². The lowest BCUT2D eigenvalue weighted by atomic mass is 10.1. The molecule has 0 aromatic carbocycles. The second-order valence-electron chi connectivity index (χ2n) is 5.89. The summed E-state index contributed by atoms with van der Waals surface area (Å²) in [6, 6.07) is 2.80. The second kappa shape index (κ2) is 9.40. The third-order valence-electron chi connectivity index (χ3n) is 4.47. The molecule has 1 saturated heterocycles. The van der Waals surface area contributed by atoms with E-state index >= 15 is 0 Å². The van der Waals surface area contributed by atoms with Gasteiger partial charge in [0.25, 0.3) is 0 Å². The number of hydrogen-bond acceptors (Lipinski definition) is 3. The highest BCUT2D eigenvalue weighted by molar-refractivity contribution is 6.39. The van der Waals surface area contributed by atoms with Crippen LogP contribution in [-0.2, 0) is 9.47 Å². The SMILES string of the molecule is COC(OC)[SiH2]CCCN1C=CC=CC=C1C1CCC[SiH2]1. The predicted octanol–water partition coefficient (Wildman–Crippen LogP) is 1.98. The van der Waals surface area contributed by atoms with Gasteiger partial charge in [0.1, 0.15) is 5.91 Å². The molecule has 0 aromatic rings. The molecule has 0 bridgehead atoms. The number of ether oxygens (including phenoxy) is 2. The fourth-order valence-corrected chi connectivity index (χ4v) is 6.91. The first-order valence-corrected chi connectivity index (χ1v) is 11.9. The molecule has 2 heterocycles. The van der Waals surface area contributed by atoms with Crippen molar-refractivity contribution < 1.29 is 9.47 Å². The second-order valence-corrected chi connectivity index (χ2v) is 10.1. The van der Waals surface area contributed by atoms with Gasteiger partial charge in [-0.1, -0.05) is 30.7 Å². The van der Waals surface area contributed by atoms with E-state index in [0.717, 1.165) is 12.1 Å². The molecule has 1 fully saturated rings. The van der Waals surface area contributed by atoms with Crippen LogP contribution in [0.1, 0.15) is 19.3 Å². The number of hydrogen-bond donors (Lipinski definition) is 0. The highest BCUT2D eigenvalue weighted by atomic mass is 28.2. The van der Waals surface area contributed by atoms with Crippen LogP contribution >= 0.6 is 0 Å². The van der Waals surface area contributed by atoms with Crippen molar-refractivity contribution in [2.45, 2.75) is 42.8 Å². The molecular weight excluding hydrogens is 294 g/mol. The molecule has 1 atom stereocenters. The Balaban J connectivity index is 1.82. The first-order valence-electron chi connectivity index (χ1n) is 8.22. The molecule has 0 amide bonds. The summed E-state index contributed by atoms with van der Waals surface area (Å²) in [7, 11) is 3.31. The maximum Gasteiger partial charge on any atom is 0.134 e. The molecule has 0 saturated carbocycles. The third kappa shape index (κ3) is 5.25. The molecule has 1 unspecified atom stereocenters. The minimum absolute atomic E-state index is 0.0867. The van der Waals surface area contributed by atoms with Gasteiger partial charge in [-0.3, -0.25) is 0 Å². The molecule has 0 aromatic heterocycles. The fourth-order valence-electron chi connectivity index (χ4n) is 3.27. The molecule has 2 aliphatic rings. The van der Waals surface area contributed by atoms with Gasteiger partial charge in [-0.15, -0.1) is 0 Å². The lowest BCUT2D eigenvalue weighted by molar-refractivity contribution is -0.0441. The molecule has 3 nitrogen and oxygen atoms in total. The van der Waals surface area contributed by atoms with Crippen LogP contribution in [0.3, 0.4) is 0 Å². The number of rotatable bonds is 8. The molecule has 2 aliphatic heterocycles. The Labute approximate surface area is 133 Å². The first-order chi connectivity index (χ1) is 10.3. The normalized spacial score (nSPS) is 23.7. The first kappa shape index (κ1) is 16.7. The summed E-state index contributed by atoms with van der Waals surface area (Å²) in [5, 5.41) is 0. The number of nitrogens with zero attached hydrogens (tertiary/aromatic N) is 1. The van der Waals surface area contributed by atoms with Crippen LogP contribution in [0.5, 0.6) is 0 Å². The molecule has 0 spiro atoms. The predicted molar refractivity (Wildman–Crippen MR) is 95.2 cm³/mol. The van der Waals surface area contributed by atoms with Gasteiger partial charge >= 0.3 is 0 Å². The summed E-state index contributed by atoms with van der Waals surface area (Å²) in [5.74, 6) is 0.0867.